The molecule has 2 aromatic rings. The van der Waals surface area contributed by atoms with Crippen molar-refractivity contribution in [2.24, 2.45) is 0 Å². The molecule has 0 atom stereocenters. The first kappa shape index (κ1) is 16.9. The lowest BCUT2D eigenvalue weighted by molar-refractivity contribution is -0.596. The molecule has 0 radical (unpaired) electrons. The number of aromatic nitrogens is 2. The minimum Gasteiger partial charge on any atom is -1.00 e. The summed E-state index contributed by atoms with van der Waals surface area (Å²) in [5.41, 5.74) is 3.86. The molecular weight excluding hydrogens is 267 g/mol. The second-order valence-corrected chi connectivity index (χ2v) is 3.83. The quantitative estimate of drug-likeness (QED) is 0.720. The van der Waals surface area contributed by atoms with E-state index in [1.165, 1.54) is 16.8 Å². The summed E-state index contributed by atoms with van der Waals surface area (Å²) >= 11 is 0. The van der Waals surface area contributed by atoms with Gasteiger partial charge in [-0.2, -0.15) is 4.57 Å². The average Bonchev–Trinajstić information content (AvgIpc) is 2.38. The molecule has 0 spiro atoms. The molecule has 4 heteroatoms. The predicted molar refractivity (Wildman–Crippen MR) is 71.8 cm³/mol. The van der Waals surface area contributed by atoms with E-state index in [2.05, 4.69) is 54.0 Å². The van der Waals surface area contributed by atoms with Crippen LogP contribution in [0.4, 0.5) is 0 Å². The second kappa shape index (κ2) is 8.06. The lowest BCUT2D eigenvalue weighted by Crippen LogP contribution is -3.00. The van der Waals surface area contributed by atoms with Crippen molar-refractivity contribution < 1.29 is 17.0 Å². The summed E-state index contributed by atoms with van der Waals surface area (Å²) in [7, 11) is 0. The van der Waals surface area contributed by atoms with E-state index in [9.17, 15) is 0 Å². The van der Waals surface area contributed by atoms with Gasteiger partial charge in [0.2, 0.25) is 5.69 Å². The Kier molecular flexibility index (Phi) is 7.56. The maximum atomic E-state index is 4.17. The number of halogens is 2. The van der Waals surface area contributed by atoms with E-state index in [1.807, 2.05) is 12.4 Å². The van der Waals surface area contributed by atoms with Gasteiger partial charge >= 0.3 is 0 Å². The van der Waals surface area contributed by atoms with Crippen LogP contribution in [0.2, 0.25) is 0 Å². The van der Waals surface area contributed by atoms with Gasteiger partial charge in [-0.3, -0.25) is 4.98 Å². The predicted octanol–water partition coefficient (Wildman–Crippen LogP) is -0.0911. The molecule has 0 saturated heterocycles. The highest BCUT2D eigenvalue weighted by Crippen LogP contribution is 2.07. The number of aryl methyl sites for hydroxylation is 2. The largest absolute Gasteiger partial charge is 1.00 e. The van der Waals surface area contributed by atoms with E-state index in [-0.39, 0.29) is 24.8 Å². The first-order chi connectivity index (χ1) is 7.85. The summed E-state index contributed by atoms with van der Waals surface area (Å²) in [4.78, 5) is 4.17. The van der Waals surface area contributed by atoms with Crippen molar-refractivity contribution in [1.29, 1.82) is 0 Å². The standard InChI is InChI=1S/C14H17N2.2ClH/c1-3-12-6-5-9-16(11-12)14-7-8-15-10-13(14)4-2;;/h5-11H,3-4H2,1-2H3;2*1H/q+1;;/p-1. The normalized spacial score (nSPS) is 9.22. The third kappa shape index (κ3) is 3.69. The molecule has 2 rings (SSSR count). The first-order valence-corrected chi connectivity index (χ1v) is 5.78. The van der Waals surface area contributed by atoms with Crippen molar-refractivity contribution in [1.82, 2.24) is 4.98 Å². The molecule has 0 aromatic carbocycles. The summed E-state index contributed by atoms with van der Waals surface area (Å²) in [5.74, 6) is 0. The van der Waals surface area contributed by atoms with Crippen molar-refractivity contribution >= 4 is 12.4 Å². The Morgan fingerprint density at radius 1 is 1.17 bits per heavy atom. The molecule has 0 saturated carbocycles. The number of pyridine rings is 2. The highest BCUT2D eigenvalue weighted by atomic mass is 35.5. The number of nitrogens with zero attached hydrogens (tertiary/aromatic N) is 2. The molecule has 0 aliphatic heterocycles. The van der Waals surface area contributed by atoms with Gasteiger partial charge in [0.15, 0.2) is 12.4 Å². The van der Waals surface area contributed by atoms with E-state index in [0.717, 1.165) is 12.8 Å². The van der Waals surface area contributed by atoms with Crippen LogP contribution >= 0.6 is 12.4 Å². The van der Waals surface area contributed by atoms with E-state index >= 15 is 0 Å². The van der Waals surface area contributed by atoms with Gasteiger partial charge in [0.25, 0.3) is 0 Å². The van der Waals surface area contributed by atoms with Crippen molar-refractivity contribution in [3.05, 3.63) is 54.1 Å². The summed E-state index contributed by atoms with van der Waals surface area (Å²) in [6.45, 7) is 4.33. The lowest BCUT2D eigenvalue weighted by Gasteiger charge is -2.02. The lowest BCUT2D eigenvalue weighted by atomic mass is 10.1. The van der Waals surface area contributed by atoms with Crippen LogP contribution in [0.5, 0.6) is 0 Å². The Morgan fingerprint density at radius 3 is 2.61 bits per heavy atom. The summed E-state index contributed by atoms with van der Waals surface area (Å²) < 4.78 is 2.18. The van der Waals surface area contributed by atoms with Crippen LogP contribution in [0, 0.1) is 0 Å². The Bertz CT molecular complexity index is 487. The smallest absolute Gasteiger partial charge is 0.216 e. The second-order valence-electron chi connectivity index (χ2n) is 3.83. The molecular formula is C14H18Cl2N2. The van der Waals surface area contributed by atoms with Crippen molar-refractivity contribution in [2.45, 2.75) is 26.7 Å². The molecule has 98 valence electrons. The van der Waals surface area contributed by atoms with Crippen LogP contribution in [-0.4, -0.2) is 4.98 Å². The molecule has 0 aliphatic carbocycles. The number of hydrogen-bond donors (Lipinski definition) is 0. The van der Waals surface area contributed by atoms with Gasteiger partial charge in [0.1, 0.15) is 0 Å². The van der Waals surface area contributed by atoms with Crippen LogP contribution in [0.3, 0.4) is 0 Å². The van der Waals surface area contributed by atoms with Gasteiger partial charge in [-0.15, -0.1) is 12.4 Å². The molecule has 0 unspecified atom stereocenters. The molecule has 0 bridgehead atoms. The van der Waals surface area contributed by atoms with E-state index in [1.54, 1.807) is 0 Å². The number of hydrogen-bond acceptors (Lipinski definition) is 1. The van der Waals surface area contributed by atoms with Gasteiger partial charge < -0.3 is 12.4 Å². The molecule has 2 aromatic heterocycles. The zero-order chi connectivity index (χ0) is 11.4. The fraction of sp³-hybridized carbons (Fsp3) is 0.286. The van der Waals surface area contributed by atoms with Gasteiger partial charge in [-0.25, -0.2) is 0 Å². The van der Waals surface area contributed by atoms with Gasteiger partial charge in [0, 0.05) is 35.7 Å². The van der Waals surface area contributed by atoms with E-state index in [0.29, 0.717) is 0 Å². The van der Waals surface area contributed by atoms with Crippen LogP contribution < -0.4 is 17.0 Å². The highest BCUT2D eigenvalue weighted by Gasteiger charge is 2.10. The monoisotopic (exact) mass is 284 g/mol. The SMILES string of the molecule is CCc1ccc[n+](-c2ccncc2CC)c1.Cl.[Cl-]. The first-order valence-electron chi connectivity index (χ1n) is 5.78. The molecule has 0 amide bonds. The minimum absolute atomic E-state index is 0. The van der Waals surface area contributed by atoms with Gasteiger partial charge in [-0.05, 0) is 18.9 Å². The third-order valence-electron chi connectivity index (χ3n) is 2.81. The Balaban J connectivity index is 0.00000144. The Labute approximate surface area is 121 Å². The molecule has 0 fully saturated rings. The Morgan fingerprint density at radius 2 is 1.94 bits per heavy atom. The van der Waals surface area contributed by atoms with Gasteiger partial charge in [-0.1, -0.05) is 13.8 Å². The fourth-order valence-electron chi connectivity index (χ4n) is 1.83. The van der Waals surface area contributed by atoms with Crippen LogP contribution in [0.25, 0.3) is 5.69 Å². The maximum absolute atomic E-state index is 4.17. The summed E-state index contributed by atoms with van der Waals surface area (Å²) in [6, 6.07) is 6.32. The van der Waals surface area contributed by atoms with Crippen LogP contribution in [-0.2, 0) is 12.8 Å². The summed E-state index contributed by atoms with van der Waals surface area (Å²) in [5, 5.41) is 0. The maximum Gasteiger partial charge on any atom is 0.216 e. The van der Waals surface area contributed by atoms with Crippen molar-refractivity contribution in [3.8, 4) is 5.69 Å². The van der Waals surface area contributed by atoms with Crippen LogP contribution in [0.1, 0.15) is 25.0 Å². The molecule has 18 heavy (non-hydrogen) atoms. The van der Waals surface area contributed by atoms with E-state index < -0.39 is 0 Å². The Hall–Kier alpha value is -1.12. The third-order valence-corrected chi connectivity index (χ3v) is 2.81. The molecule has 2 heterocycles. The molecule has 0 aliphatic rings. The zero-order valence-electron chi connectivity index (χ0n) is 10.6. The van der Waals surface area contributed by atoms with Crippen LogP contribution in [0.15, 0.2) is 43.0 Å². The zero-order valence-corrected chi connectivity index (χ0v) is 12.2. The topological polar surface area (TPSA) is 16.8 Å². The summed E-state index contributed by atoms with van der Waals surface area (Å²) in [6.07, 6.45) is 10.1. The average molecular weight is 285 g/mol. The minimum atomic E-state index is 0. The van der Waals surface area contributed by atoms with Crippen molar-refractivity contribution in [3.63, 3.8) is 0 Å². The molecule has 2 nitrogen and oxygen atoms in total. The molecule has 0 N–H and O–H groups in total. The fourth-order valence-corrected chi connectivity index (χ4v) is 1.83. The highest BCUT2D eigenvalue weighted by molar-refractivity contribution is 5.85. The van der Waals surface area contributed by atoms with Crippen molar-refractivity contribution in [2.75, 3.05) is 0 Å². The van der Waals surface area contributed by atoms with Gasteiger partial charge in [0.05, 0.1) is 0 Å². The van der Waals surface area contributed by atoms with E-state index in [4.69, 9.17) is 0 Å². The number of rotatable bonds is 3.